The lowest BCUT2D eigenvalue weighted by atomic mass is 9.97. The van der Waals surface area contributed by atoms with Gasteiger partial charge in [0.1, 0.15) is 5.82 Å². The minimum absolute atomic E-state index is 0.192. The van der Waals surface area contributed by atoms with E-state index in [1.54, 1.807) is 17.0 Å². The molecule has 2 aromatic rings. The largest absolute Gasteiger partial charge is 0.481 e. The average Bonchev–Trinajstić information content (AvgIpc) is 2.53. The van der Waals surface area contributed by atoms with Crippen molar-refractivity contribution in [2.45, 2.75) is 19.0 Å². The molecule has 0 saturated carbocycles. The normalized spacial score (nSPS) is 16.6. The maximum absolute atomic E-state index is 13.1. The molecule has 128 valence electrons. The lowest BCUT2D eigenvalue weighted by Crippen LogP contribution is -2.37. The van der Waals surface area contributed by atoms with Crippen LogP contribution in [0.25, 0.3) is 10.9 Å². The molecule has 0 aliphatic carbocycles. The first-order chi connectivity index (χ1) is 11.3. The number of hydrogen-bond acceptors (Lipinski definition) is 4. The molecule has 0 atom stereocenters. The quantitative estimate of drug-likeness (QED) is 0.827. The zero-order valence-corrected chi connectivity index (χ0v) is 13.9. The smallest absolute Gasteiger partial charge is 0.451 e. The van der Waals surface area contributed by atoms with Gasteiger partial charge in [-0.05, 0) is 31.0 Å². The van der Waals surface area contributed by atoms with E-state index in [-0.39, 0.29) is 11.3 Å². The molecule has 1 N–H and O–H groups in total. The van der Waals surface area contributed by atoms with Gasteiger partial charge in [0.2, 0.25) is 5.82 Å². The van der Waals surface area contributed by atoms with Crippen LogP contribution in [0.4, 0.5) is 19.0 Å². The van der Waals surface area contributed by atoms with E-state index in [1.165, 1.54) is 6.07 Å². The molecule has 1 aromatic carbocycles. The number of benzene rings is 1. The van der Waals surface area contributed by atoms with Crippen molar-refractivity contribution in [2.24, 2.45) is 5.92 Å². The number of fused-ring (bicyclic) bond motifs is 1. The number of aliphatic carboxylic acids is 1. The van der Waals surface area contributed by atoms with Crippen LogP contribution in [0.3, 0.4) is 0 Å². The Kier molecular flexibility index (Phi) is 4.37. The van der Waals surface area contributed by atoms with Gasteiger partial charge in [0, 0.05) is 22.9 Å². The number of halogens is 4. The number of carboxylic acids is 1. The first-order valence-corrected chi connectivity index (χ1v) is 8.07. The molecule has 0 radical (unpaired) electrons. The van der Waals surface area contributed by atoms with E-state index in [0.717, 1.165) is 0 Å². The number of aromatic nitrogens is 2. The molecule has 2 heterocycles. The summed E-state index contributed by atoms with van der Waals surface area (Å²) in [6, 6.07) is 4.80. The first-order valence-electron chi connectivity index (χ1n) is 7.28. The van der Waals surface area contributed by atoms with Crippen molar-refractivity contribution in [1.29, 1.82) is 0 Å². The third-order valence-corrected chi connectivity index (χ3v) is 4.53. The van der Waals surface area contributed by atoms with Crippen LogP contribution < -0.4 is 4.90 Å². The van der Waals surface area contributed by atoms with Gasteiger partial charge in [-0.15, -0.1) is 0 Å². The molecule has 9 heteroatoms. The highest BCUT2D eigenvalue weighted by atomic mass is 79.9. The Morgan fingerprint density at radius 2 is 1.92 bits per heavy atom. The van der Waals surface area contributed by atoms with Crippen LogP contribution in [0.5, 0.6) is 0 Å². The standard InChI is InChI=1S/C15H13BrF3N3O2/c16-9-1-2-11-10(7-9)12(21-14(20-11)15(17,18)19)22-5-3-8(4-6-22)13(23)24/h1-2,7-8H,3-6H2,(H,23,24). The Hall–Kier alpha value is -1.90. The molecule has 1 saturated heterocycles. The van der Waals surface area contributed by atoms with Gasteiger partial charge < -0.3 is 10.0 Å². The van der Waals surface area contributed by atoms with Gasteiger partial charge in [-0.25, -0.2) is 9.97 Å². The van der Waals surface area contributed by atoms with Gasteiger partial charge in [-0.2, -0.15) is 13.2 Å². The van der Waals surface area contributed by atoms with Crippen molar-refractivity contribution in [1.82, 2.24) is 9.97 Å². The van der Waals surface area contributed by atoms with Crippen molar-refractivity contribution >= 4 is 38.6 Å². The number of carboxylic acid groups (broad SMARTS) is 1. The monoisotopic (exact) mass is 403 g/mol. The van der Waals surface area contributed by atoms with Crippen LogP contribution in [-0.2, 0) is 11.0 Å². The van der Waals surface area contributed by atoms with Crippen LogP contribution in [0.15, 0.2) is 22.7 Å². The first kappa shape index (κ1) is 16.9. The second-order valence-corrected chi connectivity index (χ2v) is 6.55. The molecule has 1 aliphatic heterocycles. The Balaban J connectivity index is 2.05. The number of carbonyl (C=O) groups is 1. The van der Waals surface area contributed by atoms with Crippen LogP contribution in [0.1, 0.15) is 18.7 Å². The predicted molar refractivity (Wildman–Crippen MR) is 84.8 cm³/mol. The van der Waals surface area contributed by atoms with E-state index in [0.29, 0.717) is 35.8 Å². The summed E-state index contributed by atoms with van der Waals surface area (Å²) in [6.45, 7) is 0.680. The minimum Gasteiger partial charge on any atom is -0.481 e. The lowest BCUT2D eigenvalue weighted by molar-refractivity contribution is -0.144. The minimum atomic E-state index is -4.64. The number of hydrogen-bond donors (Lipinski definition) is 1. The third-order valence-electron chi connectivity index (χ3n) is 4.03. The van der Waals surface area contributed by atoms with E-state index >= 15 is 0 Å². The highest BCUT2D eigenvalue weighted by Crippen LogP contribution is 2.34. The van der Waals surface area contributed by atoms with Crippen LogP contribution in [-0.4, -0.2) is 34.1 Å². The molecule has 1 aliphatic rings. The summed E-state index contributed by atoms with van der Waals surface area (Å²) in [4.78, 5) is 20.1. The van der Waals surface area contributed by atoms with Crippen molar-refractivity contribution in [3.8, 4) is 0 Å². The topological polar surface area (TPSA) is 66.3 Å². The number of nitrogens with zero attached hydrogens (tertiary/aromatic N) is 3. The van der Waals surface area contributed by atoms with E-state index in [2.05, 4.69) is 25.9 Å². The van der Waals surface area contributed by atoms with Gasteiger partial charge in [-0.1, -0.05) is 15.9 Å². The highest BCUT2D eigenvalue weighted by molar-refractivity contribution is 9.10. The molecule has 1 aromatic heterocycles. The summed E-state index contributed by atoms with van der Waals surface area (Å²) in [5.74, 6) is -2.34. The van der Waals surface area contributed by atoms with Crippen molar-refractivity contribution in [3.05, 3.63) is 28.5 Å². The molecule has 24 heavy (non-hydrogen) atoms. The summed E-state index contributed by atoms with van der Waals surface area (Å²) < 4.78 is 39.9. The van der Waals surface area contributed by atoms with E-state index in [1.807, 2.05) is 0 Å². The second kappa shape index (κ2) is 6.19. The van der Waals surface area contributed by atoms with Crippen molar-refractivity contribution < 1.29 is 23.1 Å². The number of anilines is 1. The van der Waals surface area contributed by atoms with Gasteiger partial charge in [0.15, 0.2) is 0 Å². The fourth-order valence-corrected chi connectivity index (χ4v) is 3.15. The van der Waals surface area contributed by atoms with Crippen molar-refractivity contribution in [3.63, 3.8) is 0 Å². The molecule has 0 bridgehead atoms. The summed E-state index contributed by atoms with van der Waals surface area (Å²) in [7, 11) is 0. The molecule has 0 amide bonds. The Bertz CT molecular complexity index is 789. The van der Waals surface area contributed by atoms with Gasteiger partial charge >= 0.3 is 12.1 Å². The van der Waals surface area contributed by atoms with E-state index in [4.69, 9.17) is 5.11 Å². The van der Waals surface area contributed by atoms with E-state index < -0.39 is 23.9 Å². The maximum atomic E-state index is 13.1. The predicted octanol–water partition coefficient (Wildman–Crippen LogP) is 3.71. The van der Waals surface area contributed by atoms with E-state index in [9.17, 15) is 18.0 Å². The summed E-state index contributed by atoms with van der Waals surface area (Å²) in [6.07, 6.45) is -3.90. The fourth-order valence-electron chi connectivity index (χ4n) is 2.79. The lowest BCUT2D eigenvalue weighted by Gasteiger charge is -2.32. The Labute approximate surface area is 143 Å². The van der Waals surface area contributed by atoms with Crippen LogP contribution >= 0.6 is 15.9 Å². The molecule has 1 fully saturated rings. The van der Waals surface area contributed by atoms with Crippen molar-refractivity contribution in [2.75, 3.05) is 18.0 Å². The Morgan fingerprint density at radius 1 is 1.25 bits per heavy atom. The molecule has 0 unspecified atom stereocenters. The molecular weight excluding hydrogens is 391 g/mol. The van der Waals surface area contributed by atoms with Gasteiger partial charge in [-0.3, -0.25) is 4.79 Å². The second-order valence-electron chi connectivity index (χ2n) is 5.63. The van der Waals surface area contributed by atoms with Crippen LogP contribution in [0, 0.1) is 5.92 Å². The number of alkyl halides is 3. The Morgan fingerprint density at radius 3 is 2.50 bits per heavy atom. The zero-order valence-electron chi connectivity index (χ0n) is 12.3. The zero-order chi connectivity index (χ0) is 17.5. The molecular formula is C15H13BrF3N3O2. The highest BCUT2D eigenvalue weighted by Gasteiger charge is 2.36. The summed E-state index contributed by atoms with van der Waals surface area (Å²) in [5, 5.41) is 9.56. The van der Waals surface area contributed by atoms with Crippen LogP contribution in [0.2, 0.25) is 0 Å². The molecule has 3 rings (SSSR count). The average molecular weight is 404 g/mol. The van der Waals surface area contributed by atoms with Gasteiger partial charge in [0.25, 0.3) is 0 Å². The third kappa shape index (κ3) is 3.31. The maximum Gasteiger partial charge on any atom is 0.451 e. The summed E-state index contributed by atoms with van der Waals surface area (Å²) in [5.41, 5.74) is 0.205. The van der Waals surface area contributed by atoms with Gasteiger partial charge in [0.05, 0.1) is 11.4 Å². The number of piperidine rings is 1. The number of rotatable bonds is 2. The molecule has 5 nitrogen and oxygen atoms in total. The summed E-state index contributed by atoms with van der Waals surface area (Å²) >= 11 is 3.30. The SMILES string of the molecule is O=C(O)C1CCN(c2nc(C(F)(F)F)nc3ccc(Br)cc23)CC1. The fraction of sp³-hybridized carbons (Fsp3) is 0.400. The molecule has 0 spiro atoms.